The molecular weight excluding hydrogens is 304 g/mol. The Kier molecular flexibility index (Phi) is 4.16. The third-order valence-corrected chi connectivity index (χ3v) is 3.88. The lowest BCUT2D eigenvalue weighted by Gasteiger charge is -2.39. The number of aromatic nitrogens is 2. The average molecular weight is 327 g/mol. The van der Waals surface area contributed by atoms with Gasteiger partial charge in [0.05, 0.1) is 0 Å². The quantitative estimate of drug-likeness (QED) is 0.743. The topological polar surface area (TPSA) is 32.3 Å². The minimum Gasteiger partial charge on any atom is -0.351 e. The van der Waals surface area contributed by atoms with E-state index in [1.165, 1.54) is 0 Å². The third-order valence-electron chi connectivity index (χ3n) is 3.48. The fraction of sp³-hybridized carbons (Fsp3) is 0.714. The van der Waals surface area contributed by atoms with Crippen LogP contribution in [-0.4, -0.2) is 47.6 Å². The van der Waals surface area contributed by atoms with E-state index in [-0.39, 0.29) is 5.41 Å². The van der Waals surface area contributed by atoms with Gasteiger partial charge in [0.15, 0.2) is 0 Å². The van der Waals surface area contributed by atoms with E-state index >= 15 is 0 Å². The number of rotatable bonds is 1. The molecule has 0 aliphatic carbocycles. The molecule has 1 aromatic heterocycles. The fourth-order valence-electron chi connectivity index (χ4n) is 2.37. The Morgan fingerprint density at radius 3 is 2.53 bits per heavy atom. The maximum atomic E-state index is 4.77. The molecule has 1 fully saturated rings. The lowest BCUT2D eigenvalue weighted by molar-refractivity contribution is 0.274. The molecule has 106 valence electrons. The van der Waals surface area contributed by atoms with Crippen LogP contribution in [0.5, 0.6) is 0 Å². The summed E-state index contributed by atoms with van der Waals surface area (Å²) >= 11 is 3.52. The van der Waals surface area contributed by atoms with E-state index in [1.807, 2.05) is 6.07 Å². The first-order valence-electron chi connectivity index (χ1n) is 6.77. The van der Waals surface area contributed by atoms with Crippen molar-refractivity contribution in [3.8, 4) is 0 Å². The van der Waals surface area contributed by atoms with Crippen LogP contribution in [0.3, 0.4) is 0 Å². The summed E-state index contributed by atoms with van der Waals surface area (Å²) in [5.41, 5.74) is -0.0334. The van der Waals surface area contributed by atoms with Gasteiger partial charge in [0, 0.05) is 37.2 Å². The van der Waals surface area contributed by atoms with E-state index in [4.69, 9.17) is 4.98 Å². The lowest BCUT2D eigenvalue weighted by atomic mass is 9.96. The maximum Gasteiger partial charge on any atom is 0.137 e. The van der Waals surface area contributed by atoms with Crippen LogP contribution in [0, 0.1) is 0 Å². The van der Waals surface area contributed by atoms with Crippen molar-refractivity contribution in [2.24, 2.45) is 0 Å². The molecule has 4 nitrogen and oxygen atoms in total. The summed E-state index contributed by atoms with van der Waals surface area (Å²) in [6.07, 6.45) is 0. The normalized spacial score (nSPS) is 21.8. The van der Waals surface area contributed by atoms with Crippen LogP contribution in [0.1, 0.15) is 33.5 Å². The first-order chi connectivity index (χ1) is 8.77. The van der Waals surface area contributed by atoms with Gasteiger partial charge in [-0.2, -0.15) is 0 Å². The number of hydrogen-bond donors (Lipinski definition) is 0. The Hall–Kier alpha value is -0.680. The van der Waals surface area contributed by atoms with Gasteiger partial charge in [0.2, 0.25) is 0 Å². The Bertz CT molecular complexity index is 455. The second kappa shape index (κ2) is 5.37. The minimum absolute atomic E-state index is 0.0334. The molecule has 2 rings (SSSR count). The summed E-state index contributed by atoms with van der Waals surface area (Å²) in [7, 11) is 2.17. The Labute approximate surface area is 124 Å². The van der Waals surface area contributed by atoms with Crippen LogP contribution in [0.25, 0.3) is 0 Å². The van der Waals surface area contributed by atoms with Crippen molar-refractivity contribution in [2.45, 2.75) is 39.2 Å². The zero-order valence-corrected chi connectivity index (χ0v) is 14.0. The van der Waals surface area contributed by atoms with E-state index in [0.29, 0.717) is 6.04 Å². The summed E-state index contributed by atoms with van der Waals surface area (Å²) in [6, 6.07) is 2.50. The number of piperazine rings is 1. The zero-order valence-electron chi connectivity index (χ0n) is 12.4. The fourth-order valence-corrected chi connectivity index (χ4v) is 2.74. The lowest BCUT2D eigenvalue weighted by Crippen LogP contribution is -2.51. The van der Waals surface area contributed by atoms with Crippen molar-refractivity contribution in [3.05, 3.63) is 16.5 Å². The highest BCUT2D eigenvalue weighted by Crippen LogP contribution is 2.26. The number of hydrogen-bond acceptors (Lipinski definition) is 4. The number of nitrogens with zero attached hydrogens (tertiary/aromatic N) is 4. The van der Waals surface area contributed by atoms with Gasteiger partial charge in [0.1, 0.15) is 16.2 Å². The highest BCUT2D eigenvalue weighted by atomic mass is 79.9. The van der Waals surface area contributed by atoms with Gasteiger partial charge in [-0.3, -0.25) is 0 Å². The van der Waals surface area contributed by atoms with Gasteiger partial charge < -0.3 is 9.80 Å². The molecule has 0 aromatic carbocycles. The molecule has 0 N–H and O–H groups in total. The summed E-state index contributed by atoms with van der Waals surface area (Å²) in [5.74, 6) is 1.93. The predicted molar refractivity (Wildman–Crippen MR) is 82.7 cm³/mol. The first kappa shape index (κ1) is 14.7. The SMILES string of the molecule is CC1CN(C)CCN1c1cc(Br)nc(C(C)(C)C)n1. The molecule has 0 bridgehead atoms. The van der Waals surface area contributed by atoms with E-state index in [1.54, 1.807) is 0 Å². The van der Waals surface area contributed by atoms with Gasteiger partial charge in [0.25, 0.3) is 0 Å². The third kappa shape index (κ3) is 3.45. The van der Waals surface area contributed by atoms with E-state index in [2.05, 4.69) is 65.5 Å². The molecular formula is C14H23BrN4. The van der Waals surface area contributed by atoms with Crippen molar-refractivity contribution in [1.82, 2.24) is 14.9 Å². The minimum atomic E-state index is -0.0334. The highest BCUT2D eigenvalue weighted by molar-refractivity contribution is 9.10. The Morgan fingerprint density at radius 2 is 1.95 bits per heavy atom. The van der Waals surface area contributed by atoms with Crippen molar-refractivity contribution >= 4 is 21.7 Å². The molecule has 1 aliphatic heterocycles. The Morgan fingerprint density at radius 1 is 1.26 bits per heavy atom. The van der Waals surface area contributed by atoms with Gasteiger partial charge in [-0.05, 0) is 29.9 Å². The standard InChI is InChI=1S/C14H23BrN4/c1-10-9-18(5)6-7-19(10)12-8-11(15)16-13(17-12)14(2,3)4/h8,10H,6-7,9H2,1-5H3. The summed E-state index contributed by atoms with van der Waals surface area (Å²) in [4.78, 5) is 14.0. The summed E-state index contributed by atoms with van der Waals surface area (Å²) < 4.78 is 0.869. The second-order valence-corrected chi connectivity index (χ2v) is 7.24. The summed E-state index contributed by atoms with van der Waals surface area (Å²) in [5, 5.41) is 0. The van der Waals surface area contributed by atoms with E-state index in [0.717, 1.165) is 35.9 Å². The maximum absolute atomic E-state index is 4.77. The average Bonchev–Trinajstić information content (AvgIpc) is 2.26. The molecule has 0 radical (unpaired) electrons. The van der Waals surface area contributed by atoms with Crippen molar-refractivity contribution < 1.29 is 0 Å². The Balaban J connectivity index is 2.32. The van der Waals surface area contributed by atoms with Crippen LogP contribution < -0.4 is 4.90 Å². The monoisotopic (exact) mass is 326 g/mol. The van der Waals surface area contributed by atoms with Crippen LogP contribution in [0.15, 0.2) is 10.7 Å². The number of likely N-dealkylation sites (N-methyl/N-ethyl adjacent to an activating group) is 1. The smallest absolute Gasteiger partial charge is 0.137 e. The van der Waals surface area contributed by atoms with Crippen LogP contribution >= 0.6 is 15.9 Å². The molecule has 19 heavy (non-hydrogen) atoms. The van der Waals surface area contributed by atoms with Gasteiger partial charge >= 0.3 is 0 Å². The van der Waals surface area contributed by atoms with Crippen molar-refractivity contribution in [3.63, 3.8) is 0 Å². The molecule has 1 aromatic rings. The molecule has 0 spiro atoms. The molecule has 1 aliphatic rings. The van der Waals surface area contributed by atoms with E-state index < -0.39 is 0 Å². The van der Waals surface area contributed by atoms with Crippen molar-refractivity contribution in [1.29, 1.82) is 0 Å². The van der Waals surface area contributed by atoms with Gasteiger partial charge in [-0.15, -0.1) is 0 Å². The van der Waals surface area contributed by atoms with Gasteiger partial charge in [-0.25, -0.2) is 9.97 Å². The molecule has 0 saturated carbocycles. The largest absolute Gasteiger partial charge is 0.351 e. The molecule has 1 atom stereocenters. The highest BCUT2D eigenvalue weighted by Gasteiger charge is 2.25. The summed E-state index contributed by atoms with van der Waals surface area (Å²) in [6.45, 7) is 11.9. The number of halogens is 1. The zero-order chi connectivity index (χ0) is 14.2. The predicted octanol–water partition coefficient (Wildman–Crippen LogP) is 2.68. The molecule has 5 heteroatoms. The van der Waals surface area contributed by atoms with Crippen LogP contribution in [0.4, 0.5) is 5.82 Å². The molecule has 1 unspecified atom stereocenters. The number of anilines is 1. The van der Waals surface area contributed by atoms with Crippen LogP contribution in [0.2, 0.25) is 0 Å². The van der Waals surface area contributed by atoms with Gasteiger partial charge in [-0.1, -0.05) is 20.8 Å². The molecule has 1 saturated heterocycles. The van der Waals surface area contributed by atoms with E-state index in [9.17, 15) is 0 Å². The second-order valence-electron chi connectivity index (χ2n) is 6.43. The first-order valence-corrected chi connectivity index (χ1v) is 7.57. The van der Waals surface area contributed by atoms with Crippen molar-refractivity contribution in [2.75, 3.05) is 31.6 Å². The van der Waals surface area contributed by atoms with Crippen LogP contribution in [-0.2, 0) is 5.41 Å². The molecule has 0 amide bonds. The molecule has 2 heterocycles.